The lowest BCUT2D eigenvalue weighted by Crippen LogP contribution is -2.19. The zero-order valence-corrected chi connectivity index (χ0v) is 11.5. The van der Waals surface area contributed by atoms with Crippen LogP contribution >= 0.6 is 11.6 Å². The second kappa shape index (κ2) is 5.25. The molecule has 2 aromatic carbocycles. The molecule has 4 heteroatoms. The highest BCUT2D eigenvalue weighted by Gasteiger charge is 2.19. The van der Waals surface area contributed by atoms with Crippen LogP contribution in [0, 0.1) is 5.82 Å². The molecule has 0 spiro atoms. The van der Waals surface area contributed by atoms with Gasteiger partial charge in [-0.1, -0.05) is 30.3 Å². The number of hydrogen-bond acceptors (Lipinski definition) is 1. The molecule has 1 amide bonds. The Hall–Kier alpha value is -1.87. The van der Waals surface area contributed by atoms with Gasteiger partial charge in [-0.05, 0) is 29.7 Å². The molecule has 1 unspecified atom stereocenters. The molecule has 1 heterocycles. The minimum absolute atomic E-state index is 0.0294. The molecule has 102 valence electrons. The van der Waals surface area contributed by atoms with Crippen molar-refractivity contribution in [2.45, 2.75) is 18.2 Å². The number of anilines is 1. The van der Waals surface area contributed by atoms with Gasteiger partial charge in [0.15, 0.2) is 0 Å². The number of rotatable bonds is 2. The van der Waals surface area contributed by atoms with Crippen LogP contribution in [0.5, 0.6) is 0 Å². The van der Waals surface area contributed by atoms with Crippen molar-refractivity contribution in [1.82, 2.24) is 0 Å². The third kappa shape index (κ3) is 2.41. The first kappa shape index (κ1) is 13.1. The van der Waals surface area contributed by atoms with Gasteiger partial charge in [-0.2, -0.15) is 0 Å². The van der Waals surface area contributed by atoms with Gasteiger partial charge in [0.05, 0.1) is 5.38 Å². The minimum atomic E-state index is -0.529. The molecule has 1 aliphatic rings. The van der Waals surface area contributed by atoms with Crippen LogP contribution in [0.2, 0.25) is 0 Å². The van der Waals surface area contributed by atoms with Crippen molar-refractivity contribution < 1.29 is 9.18 Å². The highest BCUT2D eigenvalue weighted by molar-refractivity contribution is 6.22. The van der Waals surface area contributed by atoms with Crippen LogP contribution in [0.3, 0.4) is 0 Å². The molecule has 1 aliphatic heterocycles. The first-order chi connectivity index (χ1) is 9.65. The second-order valence-electron chi connectivity index (χ2n) is 4.85. The maximum Gasteiger partial charge on any atom is 0.224 e. The van der Waals surface area contributed by atoms with E-state index in [0.29, 0.717) is 18.4 Å². The molecule has 0 aliphatic carbocycles. The average Bonchev–Trinajstić information content (AvgIpc) is 2.46. The number of aryl methyl sites for hydroxylation is 1. The van der Waals surface area contributed by atoms with Crippen LogP contribution < -0.4 is 5.32 Å². The van der Waals surface area contributed by atoms with Crippen molar-refractivity contribution >= 4 is 23.2 Å². The minimum Gasteiger partial charge on any atom is -0.326 e. The number of halogens is 2. The van der Waals surface area contributed by atoms with E-state index >= 15 is 0 Å². The molecule has 0 aromatic heterocycles. The summed E-state index contributed by atoms with van der Waals surface area (Å²) in [5.74, 6) is -0.277. The highest BCUT2D eigenvalue weighted by Crippen LogP contribution is 2.33. The Kier molecular flexibility index (Phi) is 3.45. The summed E-state index contributed by atoms with van der Waals surface area (Å²) >= 11 is 6.38. The third-order valence-electron chi connectivity index (χ3n) is 3.50. The van der Waals surface area contributed by atoms with Gasteiger partial charge in [-0.15, -0.1) is 11.6 Å². The summed E-state index contributed by atoms with van der Waals surface area (Å²) in [5, 5.41) is 2.29. The van der Waals surface area contributed by atoms with Crippen molar-refractivity contribution in [2.75, 3.05) is 5.32 Å². The summed E-state index contributed by atoms with van der Waals surface area (Å²) in [6.07, 6.45) is 1.17. The summed E-state index contributed by atoms with van der Waals surface area (Å²) < 4.78 is 13.8. The van der Waals surface area contributed by atoms with Crippen molar-refractivity contribution in [3.05, 3.63) is 65.0 Å². The number of carbonyl (C=O) groups is 1. The van der Waals surface area contributed by atoms with E-state index in [1.54, 1.807) is 18.2 Å². The molecular formula is C16H13ClFNO. The van der Waals surface area contributed by atoms with Gasteiger partial charge in [-0.3, -0.25) is 4.79 Å². The fourth-order valence-electron chi connectivity index (χ4n) is 2.42. The maximum atomic E-state index is 13.8. The molecular weight excluding hydrogens is 277 g/mol. The van der Waals surface area contributed by atoms with E-state index < -0.39 is 5.38 Å². The SMILES string of the molecule is O=C1CCc2cc(C(Cl)c3ccccc3F)ccc2N1. The van der Waals surface area contributed by atoms with Gasteiger partial charge in [0, 0.05) is 17.7 Å². The van der Waals surface area contributed by atoms with Gasteiger partial charge >= 0.3 is 0 Å². The van der Waals surface area contributed by atoms with Crippen LogP contribution in [-0.2, 0) is 11.2 Å². The van der Waals surface area contributed by atoms with Gasteiger partial charge in [0.2, 0.25) is 5.91 Å². The van der Waals surface area contributed by atoms with Crippen LogP contribution in [-0.4, -0.2) is 5.91 Å². The number of hydrogen-bond donors (Lipinski definition) is 1. The van der Waals surface area contributed by atoms with Crippen LogP contribution in [0.1, 0.15) is 28.5 Å². The summed E-state index contributed by atoms with van der Waals surface area (Å²) in [6, 6.07) is 12.1. The zero-order valence-electron chi connectivity index (χ0n) is 10.7. The predicted octanol–water partition coefficient (Wildman–Crippen LogP) is 4.04. The van der Waals surface area contributed by atoms with E-state index in [4.69, 9.17) is 11.6 Å². The van der Waals surface area contributed by atoms with Crippen molar-refractivity contribution in [3.8, 4) is 0 Å². The summed E-state index contributed by atoms with van der Waals surface area (Å²) in [4.78, 5) is 11.3. The number of carbonyl (C=O) groups excluding carboxylic acids is 1. The Balaban J connectivity index is 1.95. The Bertz CT molecular complexity index is 671. The van der Waals surface area contributed by atoms with E-state index in [0.717, 1.165) is 16.8 Å². The molecule has 1 N–H and O–H groups in total. The number of benzene rings is 2. The van der Waals surface area contributed by atoms with Crippen LogP contribution in [0.25, 0.3) is 0 Å². The predicted molar refractivity (Wildman–Crippen MR) is 77.5 cm³/mol. The number of fused-ring (bicyclic) bond motifs is 1. The van der Waals surface area contributed by atoms with Gasteiger partial charge in [-0.25, -0.2) is 4.39 Å². The number of alkyl halides is 1. The molecule has 20 heavy (non-hydrogen) atoms. The average molecular weight is 290 g/mol. The monoisotopic (exact) mass is 289 g/mol. The van der Waals surface area contributed by atoms with E-state index in [1.165, 1.54) is 6.07 Å². The smallest absolute Gasteiger partial charge is 0.224 e. The summed E-state index contributed by atoms with van der Waals surface area (Å²) in [6.45, 7) is 0. The molecule has 2 nitrogen and oxygen atoms in total. The Labute approximate surface area is 121 Å². The van der Waals surface area contributed by atoms with Crippen molar-refractivity contribution in [2.24, 2.45) is 0 Å². The Morgan fingerprint density at radius 3 is 2.75 bits per heavy atom. The maximum absolute atomic E-state index is 13.8. The molecule has 0 saturated heterocycles. The normalized spacial score (nSPS) is 15.4. The number of amides is 1. The summed E-state index contributed by atoms with van der Waals surface area (Å²) in [7, 11) is 0. The van der Waals surface area contributed by atoms with Crippen LogP contribution in [0.15, 0.2) is 42.5 Å². The topological polar surface area (TPSA) is 29.1 Å². The van der Waals surface area contributed by atoms with E-state index in [9.17, 15) is 9.18 Å². The second-order valence-corrected chi connectivity index (χ2v) is 5.29. The quantitative estimate of drug-likeness (QED) is 0.831. The van der Waals surface area contributed by atoms with E-state index in [1.807, 2.05) is 18.2 Å². The number of nitrogens with one attached hydrogen (secondary N) is 1. The lowest BCUT2D eigenvalue weighted by molar-refractivity contribution is -0.116. The van der Waals surface area contributed by atoms with E-state index in [-0.39, 0.29) is 11.7 Å². The molecule has 0 saturated carbocycles. The largest absolute Gasteiger partial charge is 0.326 e. The molecule has 1 atom stereocenters. The van der Waals surface area contributed by atoms with Gasteiger partial charge in [0.25, 0.3) is 0 Å². The molecule has 0 fully saturated rings. The van der Waals surface area contributed by atoms with Gasteiger partial charge < -0.3 is 5.32 Å². The molecule has 0 bridgehead atoms. The van der Waals surface area contributed by atoms with Crippen LogP contribution in [0.4, 0.5) is 10.1 Å². The van der Waals surface area contributed by atoms with Gasteiger partial charge in [0.1, 0.15) is 5.82 Å². The summed E-state index contributed by atoms with van der Waals surface area (Å²) in [5.41, 5.74) is 3.17. The molecule has 2 aromatic rings. The first-order valence-corrected chi connectivity index (χ1v) is 6.90. The zero-order chi connectivity index (χ0) is 14.1. The van der Waals surface area contributed by atoms with Crippen molar-refractivity contribution in [3.63, 3.8) is 0 Å². The first-order valence-electron chi connectivity index (χ1n) is 6.46. The molecule has 3 rings (SSSR count). The Morgan fingerprint density at radius 1 is 1.15 bits per heavy atom. The standard InChI is InChI=1S/C16H13ClFNO/c17-16(12-3-1-2-4-13(12)18)11-5-7-14-10(9-11)6-8-15(20)19-14/h1-5,7,9,16H,6,8H2,(H,19,20). The molecule has 0 radical (unpaired) electrons. The fourth-order valence-corrected chi connectivity index (χ4v) is 2.73. The third-order valence-corrected chi connectivity index (χ3v) is 3.98. The Morgan fingerprint density at radius 2 is 1.95 bits per heavy atom. The lowest BCUT2D eigenvalue weighted by Gasteiger charge is -2.19. The fraction of sp³-hybridized carbons (Fsp3) is 0.188. The van der Waals surface area contributed by atoms with Crippen molar-refractivity contribution in [1.29, 1.82) is 0 Å². The lowest BCUT2D eigenvalue weighted by atomic mass is 9.96. The van der Waals surface area contributed by atoms with E-state index in [2.05, 4.69) is 5.32 Å². The highest BCUT2D eigenvalue weighted by atomic mass is 35.5.